The average Bonchev–Trinajstić information content (AvgIpc) is 2.72. The van der Waals surface area contributed by atoms with E-state index in [1.54, 1.807) is 32.0 Å². The number of halogens is 2. The number of carbonyl (C=O) groups excluding carboxylic acids is 1. The van der Waals surface area contributed by atoms with Gasteiger partial charge in [0.15, 0.2) is 0 Å². The van der Waals surface area contributed by atoms with Gasteiger partial charge in [-0.15, -0.1) is 0 Å². The molecule has 0 saturated heterocycles. The minimum atomic E-state index is -3.82. The zero-order valence-corrected chi connectivity index (χ0v) is 15.2. The second kappa shape index (κ2) is 5.65. The number of fused-ring (bicyclic) bond motifs is 1. The van der Waals surface area contributed by atoms with E-state index >= 15 is 0 Å². The van der Waals surface area contributed by atoms with Gasteiger partial charge < -0.3 is 5.32 Å². The highest BCUT2D eigenvalue weighted by Crippen LogP contribution is 2.39. The van der Waals surface area contributed by atoms with Crippen molar-refractivity contribution in [2.45, 2.75) is 24.2 Å². The molecule has 1 amide bonds. The van der Waals surface area contributed by atoms with E-state index in [0.717, 1.165) is 5.56 Å². The van der Waals surface area contributed by atoms with Gasteiger partial charge in [0.25, 0.3) is 10.0 Å². The number of amides is 1. The van der Waals surface area contributed by atoms with Crippen molar-refractivity contribution in [1.82, 2.24) is 0 Å². The lowest BCUT2D eigenvalue weighted by Crippen LogP contribution is -2.26. The Morgan fingerprint density at radius 3 is 2.42 bits per heavy atom. The number of rotatable bonds is 3. The van der Waals surface area contributed by atoms with Gasteiger partial charge in [0.2, 0.25) is 5.91 Å². The Hall–Kier alpha value is -1.76. The molecular weight excluding hydrogens is 371 g/mol. The van der Waals surface area contributed by atoms with E-state index in [-0.39, 0.29) is 20.8 Å². The van der Waals surface area contributed by atoms with Crippen LogP contribution in [0.25, 0.3) is 0 Å². The molecule has 0 aromatic heterocycles. The number of benzene rings is 2. The molecule has 2 aromatic rings. The van der Waals surface area contributed by atoms with Crippen molar-refractivity contribution in [2.75, 3.05) is 10.0 Å². The summed E-state index contributed by atoms with van der Waals surface area (Å²) in [6.45, 7) is 3.57. The van der Waals surface area contributed by atoms with Crippen molar-refractivity contribution in [1.29, 1.82) is 0 Å². The fourth-order valence-corrected chi connectivity index (χ4v) is 3.93. The summed E-state index contributed by atoms with van der Waals surface area (Å²) in [7, 11) is -3.82. The Balaban J connectivity index is 1.96. The largest absolute Gasteiger partial charge is 0.325 e. The Bertz CT molecular complexity index is 956. The zero-order valence-electron chi connectivity index (χ0n) is 12.9. The predicted octanol–water partition coefficient (Wildman–Crippen LogP) is 4.02. The molecule has 0 unspecified atom stereocenters. The van der Waals surface area contributed by atoms with E-state index in [4.69, 9.17) is 23.2 Å². The van der Waals surface area contributed by atoms with E-state index in [1.807, 2.05) is 0 Å². The van der Waals surface area contributed by atoms with Crippen LogP contribution < -0.4 is 10.0 Å². The third kappa shape index (κ3) is 2.85. The standard InChI is InChI=1S/C16H14Cl2N2O3S/c1-16(2)11-7-9(3-6-14(11)19-15(16)21)20-24(22,23)10-4-5-12(17)13(18)8-10/h3-8,20H,1-2H3,(H,19,21). The molecule has 3 rings (SSSR count). The van der Waals surface area contributed by atoms with Crippen LogP contribution in [0.5, 0.6) is 0 Å². The van der Waals surface area contributed by atoms with Crippen molar-refractivity contribution in [3.8, 4) is 0 Å². The Morgan fingerprint density at radius 1 is 1.04 bits per heavy atom. The Kier molecular flexibility index (Phi) is 4.02. The second-order valence-electron chi connectivity index (χ2n) is 6.02. The van der Waals surface area contributed by atoms with Gasteiger partial charge in [-0.25, -0.2) is 8.42 Å². The van der Waals surface area contributed by atoms with Gasteiger partial charge in [-0.2, -0.15) is 0 Å². The summed E-state index contributed by atoms with van der Waals surface area (Å²) in [5.74, 6) is -0.123. The number of nitrogens with one attached hydrogen (secondary N) is 2. The third-order valence-electron chi connectivity index (χ3n) is 3.96. The van der Waals surface area contributed by atoms with Crippen LogP contribution in [-0.2, 0) is 20.2 Å². The molecule has 0 spiro atoms. The number of sulfonamides is 1. The van der Waals surface area contributed by atoms with Crippen LogP contribution in [0.4, 0.5) is 11.4 Å². The van der Waals surface area contributed by atoms with Crippen molar-refractivity contribution in [3.05, 3.63) is 52.0 Å². The minimum absolute atomic E-state index is 0.00543. The monoisotopic (exact) mass is 384 g/mol. The highest BCUT2D eigenvalue weighted by Gasteiger charge is 2.38. The highest BCUT2D eigenvalue weighted by atomic mass is 35.5. The van der Waals surface area contributed by atoms with Gasteiger partial charge in [-0.05, 0) is 55.8 Å². The lowest BCUT2D eigenvalue weighted by Gasteiger charge is -2.16. The third-order valence-corrected chi connectivity index (χ3v) is 6.08. The molecule has 0 saturated carbocycles. The van der Waals surface area contributed by atoms with Crippen molar-refractivity contribution < 1.29 is 13.2 Å². The molecule has 0 bridgehead atoms. The Labute approximate surface area is 150 Å². The molecule has 0 aliphatic carbocycles. The molecule has 2 aromatic carbocycles. The van der Waals surface area contributed by atoms with Crippen molar-refractivity contribution in [2.24, 2.45) is 0 Å². The first-order valence-electron chi connectivity index (χ1n) is 7.05. The molecular formula is C16H14Cl2N2O3S. The molecule has 0 fully saturated rings. The van der Waals surface area contributed by atoms with Crippen LogP contribution in [0.3, 0.4) is 0 Å². The molecule has 1 aliphatic heterocycles. The minimum Gasteiger partial charge on any atom is -0.325 e. The van der Waals surface area contributed by atoms with Crippen LogP contribution in [0.2, 0.25) is 10.0 Å². The Morgan fingerprint density at radius 2 is 1.75 bits per heavy atom. The number of anilines is 2. The molecule has 24 heavy (non-hydrogen) atoms. The molecule has 1 heterocycles. The quantitative estimate of drug-likeness (QED) is 0.838. The van der Waals surface area contributed by atoms with Crippen LogP contribution in [0, 0.1) is 0 Å². The van der Waals surface area contributed by atoms with E-state index < -0.39 is 15.4 Å². The molecule has 0 atom stereocenters. The van der Waals surface area contributed by atoms with Gasteiger partial charge in [0, 0.05) is 11.4 Å². The van der Waals surface area contributed by atoms with Gasteiger partial charge in [0.05, 0.1) is 20.4 Å². The van der Waals surface area contributed by atoms with Gasteiger partial charge in [-0.3, -0.25) is 9.52 Å². The van der Waals surface area contributed by atoms with Crippen molar-refractivity contribution >= 4 is 50.5 Å². The van der Waals surface area contributed by atoms with Crippen LogP contribution in [0.15, 0.2) is 41.3 Å². The van der Waals surface area contributed by atoms with Gasteiger partial charge in [-0.1, -0.05) is 23.2 Å². The van der Waals surface area contributed by atoms with Gasteiger partial charge in [0.1, 0.15) is 0 Å². The number of carbonyl (C=O) groups is 1. The first kappa shape index (κ1) is 17.1. The first-order valence-corrected chi connectivity index (χ1v) is 9.29. The zero-order chi connectivity index (χ0) is 17.7. The molecule has 8 heteroatoms. The van der Waals surface area contributed by atoms with Crippen molar-refractivity contribution in [3.63, 3.8) is 0 Å². The first-order chi connectivity index (χ1) is 11.1. The molecule has 2 N–H and O–H groups in total. The lowest BCUT2D eigenvalue weighted by molar-refractivity contribution is -0.119. The summed E-state index contributed by atoms with van der Waals surface area (Å²) in [6, 6.07) is 9.01. The molecule has 1 aliphatic rings. The maximum absolute atomic E-state index is 12.5. The molecule has 5 nitrogen and oxygen atoms in total. The van der Waals surface area contributed by atoms with Gasteiger partial charge >= 0.3 is 0 Å². The summed E-state index contributed by atoms with van der Waals surface area (Å²) in [6.07, 6.45) is 0. The fourth-order valence-electron chi connectivity index (χ4n) is 2.49. The molecule has 126 valence electrons. The van der Waals surface area contributed by atoms with Crippen LogP contribution in [-0.4, -0.2) is 14.3 Å². The smallest absolute Gasteiger partial charge is 0.261 e. The highest BCUT2D eigenvalue weighted by molar-refractivity contribution is 7.92. The topological polar surface area (TPSA) is 75.3 Å². The van der Waals surface area contributed by atoms with Crippen LogP contribution in [0.1, 0.15) is 19.4 Å². The normalized spacial score (nSPS) is 15.8. The summed E-state index contributed by atoms with van der Waals surface area (Å²) in [5, 5.41) is 3.21. The second-order valence-corrected chi connectivity index (χ2v) is 8.52. The van der Waals surface area contributed by atoms with E-state index in [9.17, 15) is 13.2 Å². The number of hydrogen-bond acceptors (Lipinski definition) is 3. The van der Waals surface area contributed by atoms with E-state index in [1.165, 1.54) is 18.2 Å². The maximum Gasteiger partial charge on any atom is 0.261 e. The predicted molar refractivity (Wildman–Crippen MR) is 95.4 cm³/mol. The lowest BCUT2D eigenvalue weighted by atomic mass is 9.86. The van der Waals surface area contributed by atoms with E-state index in [2.05, 4.69) is 10.0 Å². The number of hydrogen-bond donors (Lipinski definition) is 2. The summed E-state index contributed by atoms with van der Waals surface area (Å²) in [4.78, 5) is 12.0. The SMILES string of the molecule is CC1(C)C(=O)Nc2ccc(NS(=O)(=O)c3ccc(Cl)c(Cl)c3)cc21. The van der Waals surface area contributed by atoms with Crippen LogP contribution >= 0.6 is 23.2 Å². The summed E-state index contributed by atoms with van der Waals surface area (Å²) >= 11 is 11.7. The maximum atomic E-state index is 12.5. The molecule has 0 radical (unpaired) electrons. The summed E-state index contributed by atoms with van der Waals surface area (Å²) < 4.78 is 27.5. The summed E-state index contributed by atoms with van der Waals surface area (Å²) in [5.41, 5.74) is 1.06. The average molecular weight is 385 g/mol. The fraction of sp³-hybridized carbons (Fsp3) is 0.188. The van der Waals surface area contributed by atoms with E-state index in [0.29, 0.717) is 11.4 Å².